The van der Waals surface area contributed by atoms with E-state index in [9.17, 15) is 4.79 Å². The molecule has 22 heavy (non-hydrogen) atoms. The number of nitrogens with two attached hydrogens (primary N) is 1. The number of aryl methyl sites for hydroxylation is 2. The molecule has 3 nitrogen and oxygen atoms in total. The number of nitrogens with zero attached hydrogens (tertiary/aromatic N) is 1. The van der Waals surface area contributed by atoms with E-state index in [0.29, 0.717) is 6.42 Å². The average Bonchev–Trinajstić information content (AvgIpc) is 2.42. The van der Waals surface area contributed by atoms with E-state index in [2.05, 4.69) is 54.9 Å². The molecule has 1 aliphatic heterocycles. The van der Waals surface area contributed by atoms with E-state index < -0.39 is 0 Å². The van der Waals surface area contributed by atoms with Gasteiger partial charge in [-0.25, -0.2) is 0 Å². The highest BCUT2D eigenvalue weighted by Crippen LogP contribution is 2.28. The Balaban J connectivity index is 0.00000242. The first-order valence-corrected chi connectivity index (χ1v) is 8.37. The molecule has 1 heterocycles. The molecule has 0 saturated carbocycles. The van der Waals surface area contributed by atoms with E-state index in [4.69, 9.17) is 5.73 Å². The van der Waals surface area contributed by atoms with Crippen molar-refractivity contribution in [3.05, 3.63) is 33.8 Å². The summed E-state index contributed by atoms with van der Waals surface area (Å²) in [5.74, 6) is 0.246. The SMILES string of the molecule is Cc1cc(CCC(=O)N2CCC(N)C(C)(C)C2)ccc1Br.Cl. The molecule has 1 unspecified atom stereocenters. The number of likely N-dealkylation sites (tertiary alicyclic amines) is 1. The van der Waals surface area contributed by atoms with Crippen LogP contribution < -0.4 is 5.73 Å². The summed E-state index contributed by atoms with van der Waals surface area (Å²) in [6, 6.07) is 6.47. The second-order valence-electron chi connectivity index (χ2n) is 6.78. The van der Waals surface area contributed by atoms with E-state index in [1.807, 2.05) is 4.90 Å². The maximum Gasteiger partial charge on any atom is 0.222 e. The molecule has 0 radical (unpaired) electrons. The van der Waals surface area contributed by atoms with Crippen molar-refractivity contribution >= 4 is 34.2 Å². The summed E-state index contributed by atoms with van der Waals surface area (Å²) in [5, 5.41) is 0. The first-order valence-electron chi connectivity index (χ1n) is 7.58. The molecule has 1 aliphatic rings. The Morgan fingerprint density at radius 3 is 2.73 bits per heavy atom. The number of rotatable bonds is 3. The number of benzene rings is 1. The van der Waals surface area contributed by atoms with Crippen LogP contribution in [0.2, 0.25) is 0 Å². The van der Waals surface area contributed by atoms with E-state index in [1.54, 1.807) is 0 Å². The molecule has 2 N–H and O–H groups in total. The van der Waals surface area contributed by atoms with Gasteiger partial charge in [-0.1, -0.05) is 41.9 Å². The number of hydrogen-bond acceptors (Lipinski definition) is 2. The summed E-state index contributed by atoms with van der Waals surface area (Å²) in [4.78, 5) is 14.4. The molecule has 0 spiro atoms. The van der Waals surface area contributed by atoms with Crippen LogP contribution in [0.15, 0.2) is 22.7 Å². The fourth-order valence-electron chi connectivity index (χ4n) is 2.86. The quantitative estimate of drug-likeness (QED) is 0.857. The molecule has 0 bridgehead atoms. The summed E-state index contributed by atoms with van der Waals surface area (Å²) < 4.78 is 1.12. The van der Waals surface area contributed by atoms with E-state index in [1.165, 1.54) is 11.1 Å². The average molecular weight is 390 g/mol. The van der Waals surface area contributed by atoms with Crippen LogP contribution in [0, 0.1) is 12.3 Å². The van der Waals surface area contributed by atoms with Gasteiger partial charge in [0, 0.05) is 30.0 Å². The molecular weight excluding hydrogens is 364 g/mol. The lowest BCUT2D eigenvalue weighted by Crippen LogP contribution is -2.54. The van der Waals surface area contributed by atoms with Crippen molar-refractivity contribution in [2.45, 2.75) is 46.1 Å². The monoisotopic (exact) mass is 388 g/mol. The zero-order valence-electron chi connectivity index (χ0n) is 13.6. The van der Waals surface area contributed by atoms with Gasteiger partial charge in [0.25, 0.3) is 0 Å². The van der Waals surface area contributed by atoms with Gasteiger partial charge in [-0.3, -0.25) is 4.79 Å². The highest BCUT2D eigenvalue weighted by atomic mass is 79.9. The van der Waals surface area contributed by atoms with Crippen molar-refractivity contribution < 1.29 is 4.79 Å². The predicted molar refractivity (Wildman–Crippen MR) is 97.4 cm³/mol. The van der Waals surface area contributed by atoms with Gasteiger partial charge in [-0.05, 0) is 42.4 Å². The number of amides is 1. The summed E-state index contributed by atoms with van der Waals surface area (Å²) in [5.41, 5.74) is 8.58. The lowest BCUT2D eigenvalue weighted by Gasteiger charge is -2.42. The number of halogens is 2. The minimum atomic E-state index is 0. The fourth-order valence-corrected chi connectivity index (χ4v) is 3.11. The highest BCUT2D eigenvalue weighted by molar-refractivity contribution is 9.10. The van der Waals surface area contributed by atoms with Crippen molar-refractivity contribution in [1.29, 1.82) is 0 Å². The maximum absolute atomic E-state index is 12.4. The maximum atomic E-state index is 12.4. The van der Waals surface area contributed by atoms with Crippen LogP contribution in [-0.2, 0) is 11.2 Å². The van der Waals surface area contributed by atoms with Crippen LogP contribution in [0.25, 0.3) is 0 Å². The topological polar surface area (TPSA) is 46.3 Å². The van der Waals surface area contributed by atoms with E-state index in [0.717, 1.165) is 30.4 Å². The summed E-state index contributed by atoms with van der Waals surface area (Å²) in [6.45, 7) is 7.93. The summed E-state index contributed by atoms with van der Waals surface area (Å²) in [7, 11) is 0. The number of piperidine rings is 1. The van der Waals surface area contributed by atoms with Crippen molar-refractivity contribution in [1.82, 2.24) is 4.90 Å². The van der Waals surface area contributed by atoms with E-state index in [-0.39, 0.29) is 29.8 Å². The Labute approximate surface area is 148 Å². The third-order valence-corrected chi connectivity index (χ3v) is 5.40. The molecule has 1 amide bonds. The zero-order chi connectivity index (χ0) is 15.6. The predicted octanol–water partition coefficient (Wildman–Crippen LogP) is 3.70. The molecule has 0 aliphatic carbocycles. The van der Waals surface area contributed by atoms with Crippen LogP contribution in [-0.4, -0.2) is 29.9 Å². The van der Waals surface area contributed by atoms with Gasteiger partial charge in [0.05, 0.1) is 0 Å². The summed E-state index contributed by atoms with van der Waals surface area (Å²) >= 11 is 3.50. The smallest absolute Gasteiger partial charge is 0.222 e. The first kappa shape index (κ1) is 19.5. The standard InChI is InChI=1S/C17H25BrN2O.ClH/c1-12-10-13(4-6-14(12)18)5-7-16(21)20-9-8-15(19)17(2,3)11-20;/h4,6,10,15H,5,7-9,11,19H2,1-3H3;1H. The molecule has 1 atom stereocenters. The Bertz CT molecular complexity index is 533. The highest BCUT2D eigenvalue weighted by Gasteiger charge is 2.34. The number of hydrogen-bond donors (Lipinski definition) is 1. The number of carbonyl (C=O) groups excluding carboxylic acids is 1. The van der Waals surface area contributed by atoms with Crippen LogP contribution in [0.5, 0.6) is 0 Å². The summed E-state index contributed by atoms with van der Waals surface area (Å²) in [6.07, 6.45) is 2.28. The third kappa shape index (κ3) is 4.71. The molecule has 0 aromatic heterocycles. The van der Waals surface area contributed by atoms with Crippen LogP contribution in [0.3, 0.4) is 0 Å². The lowest BCUT2D eigenvalue weighted by atomic mass is 9.79. The van der Waals surface area contributed by atoms with Crippen LogP contribution in [0.4, 0.5) is 0 Å². The van der Waals surface area contributed by atoms with Crippen LogP contribution in [0.1, 0.15) is 37.8 Å². The molecule has 5 heteroatoms. The van der Waals surface area contributed by atoms with Crippen molar-refractivity contribution in [2.75, 3.05) is 13.1 Å². The second kappa shape index (κ2) is 7.80. The minimum Gasteiger partial charge on any atom is -0.342 e. The molecule has 1 fully saturated rings. The van der Waals surface area contributed by atoms with Gasteiger partial charge in [0.15, 0.2) is 0 Å². The Kier molecular flexibility index (Phi) is 6.90. The minimum absolute atomic E-state index is 0. The van der Waals surface area contributed by atoms with E-state index >= 15 is 0 Å². The largest absolute Gasteiger partial charge is 0.342 e. The lowest BCUT2D eigenvalue weighted by molar-refractivity contribution is -0.134. The molecule has 1 aromatic rings. The van der Waals surface area contributed by atoms with Crippen molar-refractivity contribution in [3.63, 3.8) is 0 Å². The third-order valence-electron chi connectivity index (χ3n) is 4.51. The molecule has 1 saturated heterocycles. The van der Waals surface area contributed by atoms with Crippen molar-refractivity contribution in [2.24, 2.45) is 11.1 Å². The van der Waals surface area contributed by atoms with Gasteiger partial charge in [-0.2, -0.15) is 0 Å². The zero-order valence-corrected chi connectivity index (χ0v) is 16.0. The Morgan fingerprint density at radius 1 is 1.45 bits per heavy atom. The molecule has 2 rings (SSSR count). The Hall–Kier alpha value is -0.580. The van der Waals surface area contributed by atoms with Crippen molar-refractivity contribution in [3.8, 4) is 0 Å². The van der Waals surface area contributed by atoms with Gasteiger partial charge in [0.1, 0.15) is 0 Å². The molecule has 1 aromatic carbocycles. The Morgan fingerprint density at radius 2 is 2.14 bits per heavy atom. The van der Waals surface area contributed by atoms with Gasteiger partial charge in [-0.15, -0.1) is 12.4 Å². The first-order chi connectivity index (χ1) is 9.79. The fraction of sp³-hybridized carbons (Fsp3) is 0.588. The normalized spacial score (nSPS) is 20.4. The van der Waals surface area contributed by atoms with Gasteiger partial charge >= 0.3 is 0 Å². The number of carbonyl (C=O) groups is 1. The van der Waals surface area contributed by atoms with Gasteiger partial charge in [0.2, 0.25) is 5.91 Å². The second-order valence-corrected chi connectivity index (χ2v) is 7.64. The van der Waals surface area contributed by atoms with Crippen LogP contribution >= 0.6 is 28.3 Å². The molecule has 124 valence electrons. The van der Waals surface area contributed by atoms with Gasteiger partial charge < -0.3 is 10.6 Å². The molecular formula is C17H26BrClN2O.